The average Bonchev–Trinajstić information content (AvgIpc) is 2.78. The van der Waals surface area contributed by atoms with Crippen LogP contribution in [-0.2, 0) is 0 Å². The summed E-state index contributed by atoms with van der Waals surface area (Å²) < 4.78 is 2.22. The minimum absolute atomic E-state index is 0.377. The molecule has 0 saturated carbocycles. The lowest BCUT2D eigenvalue weighted by molar-refractivity contribution is 0.597. The van der Waals surface area contributed by atoms with Crippen LogP contribution < -0.4 is 5.32 Å². The van der Waals surface area contributed by atoms with Gasteiger partial charge in [-0.1, -0.05) is 24.8 Å². The summed E-state index contributed by atoms with van der Waals surface area (Å²) in [6.45, 7) is 7.31. The minimum atomic E-state index is 0.377. The maximum absolute atomic E-state index is 4.48. The van der Waals surface area contributed by atoms with Gasteiger partial charge in [0.25, 0.3) is 0 Å². The lowest BCUT2D eigenvalue weighted by Gasteiger charge is -2.14. The second-order valence-electron chi connectivity index (χ2n) is 4.33. The standard InChI is InChI=1S/C14H17BrN2S2/c1-4-16-10(3)11-5-6-13(12(15)7-11)19-14-17-9(2)8-18-14/h5-8,10,16H,4H2,1-3H3. The van der Waals surface area contributed by atoms with Crippen molar-refractivity contribution in [3.63, 3.8) is 0 Å². The van der Waals surface area contributed by atoms with Crippen LogP contribution in [0.25, 0.3) is 0 Å². The van der Waals surface area contributed by atoms with Crippen molar-refractivity contribution >= 4 is 39.0 Å². The Morgan fingerprint density at radius 2 is 2.26 bits per heavy atom. The number of benzene rings is 1. The highest BCUT2D eigenvalue weighted by molar-refractivity contribution is 9.10. The first-order chi connectivity index (χ1) is 9.10. The Morgan fingerprint density at radius 3 is 2.84 bits per heavy atom. The Bertz CT molecular complexity index is 554. The summed E-state index contributed by atoms with van der Waals surface area (Å²) in [6.07, 6.45) is 0. The van der Waals surface area contributed by atoms with E-state index < -0.39 is 0 Å². The van der Waals surface area contributed by atoms with E-state index >= 15 is 0 Å². The van der Waals surface area contributed by atoms with Crippen LogP contribution in [0.5, 0.6) is 0 Å². The van der Waals surface area contributed by atoms with E-state index in [2.05, 4.69) is 63.7 Å². The van der Waals surface area contributed by atoms with Crippen molar-refractivity contribution in [3.05, 3.63) is 39.3 Å². The van der Waals surface area contributed by atoms with Gasteiger partial charge >= 0.3 is 0 Å². The molecule has 102 valence electrons. The van der Waals surface area contributed by atoms with E-state index in [1.54, 1.807) is 23.1 Å². The van der Waals surface area contributed by atoms with Gasteiger partial charge in [-0.25, -0.2) is 4.98 Å². The zero-order valence-electron chi connectivity index (χ0n) is 11.2. The predicted octanol–water partition coefficient (Wildman–Crippen LogP) is 5.04. The third-order valence-corrected chi connectivity index (χ3v) is 5.81. The highest BCUT2D eigenvalue weighted by Crippen LogP contribution is 2.36. The summed E-state index contributed by atoms with van der Waals surface area (Å²) >= 11 is 7.06. The van der Waals surface area contributed by atoms with Crippen LogP contribution in [0.15, 0.2) is 37.3 Å². The predicted molar refractivity (Wildman–Crippen MR) is 87.2 cm³/mol. The third-order valence-electron chi connectivity index (χ3n) is 2.76. The molecule has 0 amide bonds. The summed E-state index contributed by atoms with van der Waals surface area (Å²) in [6, 6.07) is 6.91. The van der Waals surface area contributed by atoms with Crippen LogP contribution in [0.4, 0.5) is 0 Å². The molecule has 1 unspecified atom stereocenters. The summed E-state index contributed by atoms with van der Waals surface area (Å²) in [5.41, 5.74) is 2.38. The van der Waals surface area contributed by atoms with Gasteiger partial charge in [-0.3, -0.25) is 0 Å². The number of hydrogen-bond acceptors (Lipinski definition) is 4. The molecule has 1 aromatic carbocycles. The Balaban J connectivity index is 2.15. The van der Waals surface area contributed by atoms with Crippen LogP contribution in [0, 0.1) is 6.92 Å². The Kier molecular flexibility index (Phi) is 5.45. The molecule has 0 aliphatic carbocycles. The molecule has 0 saturated heterocycles. The van der Waals surface area contributed by atoms with Crippen molar-refractivity contribution < 1.29 is 0 Å². The maximum Gasteiger partial charge on any atom is 0.154 e. The summed E-state index contributed by atoms with van der Waals surface area (Å²) in [5.74, 6) is 0. The number of thiazole rings is 1. The maximum atomic E-state index is 4.48. The molecule has 0 radical (unpaired) electrons. The van der Waals surface area contributed by atoms with Crippen LogP contribution in [0.3, 0.4) is 0 Å². The van der Waals surface area contributed by atoms with Gasteiger partial charge in [0.1, 0.15) is 0 Å². The molecule has 0 aliphatic rings. The van der Waals surface area contributed by atoms with Gasteiger partial charge in [-0.2, -0.15) is 0 Å². The molecule has 2 aromatic rings. The first-order valence-electron chi connectivity index (χ1n) is 6.23. The van der Waals surface area contributed by atoms with Gasteiger partial charge in [0.2, 0.25) is 0 Å². The molecule has 2 nitrogen and oxygen atoms in total. The first-order valence-corrected chi connectivity index (χ1v) is 8.72. The first kappa shape index (κ1) is 15.0. The van der Waals surface area contributed by atoms with E-state index in [4.69, 9.17) is 0 Å². The van der Waals surface area contributed by atoms with Gasteiger partial charge in [-0.05, 0) is 54.0 Å². The molecule has 0 aliphatic heterocycles. The average molecular weight is 357 g/mol. The van der Waals surface area contributed by atoms with Crippen molar-refractivity contribution in [2.45, 2.75) is 36.0 Å². The van der Waals surface area contributed by atoms with Gasteiger partial charge < -0.3 is 5.32 Å². The molecule has 19 heavy (non-hydrogen) atoms. The van der Waals surface area contributed by atoms with E-state index in [0.29, 0.717) is 6.04 Å². The van der Waals surface area contributed by atoms with Crippen LogP contribution in [0.1, 0.15) is 31.1 Å². The number of nitrogens with zero attached hydrogens (tertiary/aromatic N) is 1. The number of rotatable bonds is 5. The van der Waals surface area contributed by atoms with E-state index in [1.807, 2.05) is 6.92 Å². The van der Waals surface area contributed by atoms with Gasteiger partial charge in [0.05, 0.1) is 0 Å². The lowest BCUT2D eigenvalue weighted by atomic mass is 10.1. The quantitative estimate of drug-likeness (QED) is 0.812. The summed E-state index contributed by atoms with van der Waals surface area (Å²) in [4.78, 5) is 5.69. The van der Waals surface area contributed by atoms with Crippen LogP contribution >= 0.6 is 39.0 Å². The molecule has 1 aromatic heterocycles. The van der Waals surface area contributed by atoms with Gasteiger partial charge in [0, 0.05) is 26.5 Å². The fourth-order valence-corrected chi connectivity index (χ4v) is 4.20. The monoisotopic (exact) mass is 356 g/mol. The smallest absolute Gasteiger partial charge is 0.154 e. The fourth-order valence-electron chi connectivity index (χ4n) is 1.77. The third kappa shape index (κ3) is 4.05. The molecular formula is C14H17BrN2S2. The van der Waals surface area contributed by atoms with Crippen molar-refractivity contribution in [3.8, 4) is 0 Å². The zero-order chi connectivity index (χ0) is 13.8. The zero-order valence-corrected chi connectivity index (χ0v) is 14.5. The molecule has 0 bridgehead atoms. The highest BCUT2D eigenvalue weighted by Gasteiger charge is 2.09. The molecule has 5 heteroatoms. The minimum Gasteiger partial charge on any atom is -0.310 e. The van der Waals surface area contributed by atoms with Crippen LogP contribution in [-0.4, -0.2) is 11.5 Å². The number of hydrogen-bond donors (Lipinski definition) is 1. The van der Waals surface area contributed by atoms with Crippen molar-refractivity contribution in [1.29, 1.82) is 0 Å². The largest absolute Gasteiger partial charge is 0.310 e. The molecule has 1 atom stereocenters. The lowest BCUT2D eigenvalue weighted by Crippen LogP contribution is -2.17. The fraction of sp³-hybridized carbons (Fsp3) is 0.357. The summed E-state index contributed by atoms with van der Waals surface area (Å²) in [5, 5.41) is 5.50. The molecular weight excluding hydrogens is 340 g/mol. The van der Waals surface area contributed by atoms with E-state index in [9.17, 15) is 0 Å². The Hall–Kier alpha value is -0.360. The van der Waals surface area contributed by atoms with Gasteiger partial charge in [-0.15, -0.1) is 11.3 Å². The van der Waals surface area contributed by atoms with Crippen molar-refractivity contribution in [2.75, 3.05) is 6.54 Å². The van der Waals surface area contributed by atoms with Crippen LogP contribution in [0.2, 0.25) is 0 Å². The molecule has 1 N–H and O–H groups in total. The topological polar surface area (TPSA) is 24.9 Å². The normalized spacial score (nSPS) is 12.6. The molecule has 0 fully saturated rings. The Labute approximate surface area is 131 Å². The summed E-state index contributed by atoms with van der Waals surface area (Å²) in [7, 11) is 0. The molecule has 2 rings (SSSR count). The van der Waals surface area contributed by atoms with E-state index in [-0.39, 0.29) is 0 Å². The number of aryl methyl sites for hydroxylation is 1. The SMILES string of the molecule is CCNC(C)c1ccc(Sc2nc(C)cs2)c(Br)c1. The van der Waals surface area contributed by atoms with Crippen molar-refractivity contribution in [2.24, 2.45) is 0 Å². The van der Waals surface area contributed by atoms with E-state index in [1.165, 1.54) is 10.5 Å². The van der Waals surface area contributed by atoms with Crippen molar-refractivity contribution in [1.82, 2.24) is 10.3 Å². The van der Waals surface area contributed by atoms with E-state index in [0.717, 1.165) is 21.1 Å². The second kappa shape index (κ2) is 6.88. The second-order valence-corrected chi connectivity index (χ2v) is 7.33. The Morgan fingerprint density at radius 1 is 1.47 bits per heavy atom. The number of halogens is 1. The molecule has 1 heterocycles. The van der Waals surface area contributed by atoms with Gasteiger partial charge in [0.15, 0.2) is 4.34 Å². The number of aromatic nitrogens is 1. The number of nitrogens with one attached hydrogen (secondary N) is 1. The molecule has 0 spiro atoms. The highest BCUT2D eigenvalue weighted by atomic mass is 79.9.